The molecule has 0 saturated heterocycles. The lowest BCUT2D eigenvalue weighted by Crippen LogP contribution is -2.29. The smallest absolute Gasteiger partial charge is 0.0728 e. The van der Waals surface area contributed by atoms with E-state index in [1.807, 2.05) is 42.6 Å². The lowest BCUT2D eigenvalue weighted by Gasteiger charge is -2.20. The minimum Gasteiger partial charge on any atom is -0.271 e. The topological polar surface area (TPSA) is 50.9 Å². The molecule has 21 heavy (non-hydrogen) atoms. The standard InChI is InChI=1S/C16H13BrClN3/c17-15-5-4-11(18)8-13(15)16(21-19)12-3-1-2-10-6-7-20-9-14(10)12/h1-9,16,21H,19H2. The number of hydrogen-bond acceptors (Lipinski definition) is 3. The first kappa shape index (κ1) is 14.5. The predicted octanol–water partition coefficient (Wildman–Crippen LogP) is 4.20. The van der Waals surface area contributed by atoms with Crippen molar-refractivity contribution in [3.8, 4) is 0 Å². The van der Waals surface area contributed by atoms with Gasteiger partial charge in [0.05, 0.1) is 6.04 Å². The summed E-state index contributed by atoms with van der Waals surface area (Å²) in [6.07, 6.45) is 3.64. The van der Waals surface area contributed by atoms with E-state index in [2.05, 4.69) is 32.4 Å². The van der Waals surface area contributed by atoms with Crippen molar-refractivity contribution in [3.63, 3.8) is 0 Å². The van der Waals surface area contributed by atoms with Crippen LogP contribution in [0.25, 0.3) is 10.8 Å². The molecule has 1 heterocycles. The number of pyridine rings is 1. The lowest BCUT2D eigenvalue weighted by atomic mass is 9.95. The van der Waals surface area contributed by atoms with E-state index in [0.717, 1.165) is 26.4 Å². The number of rotatable bonds is 3. The Morgan fingerprint density at radius 1 is 1.14 bits per heavy atom. The van der Waals surface area contributed by atoms with Gasteiger partial charge in [-0.3, -0.25) is 10.8 Å². The van der Waals surface area contributed by atoms with Gasteiger partial charge in [-0.1, -0.05) is 45.7 Å². The normalized spacial score (nSPS) is 12.5. The summed E-state index contributed by atoms with van der Waals surface area (Å²) in [6.45, 7) is 0. The second kappa shape index (κ2) is 6.12. The summed E-state index contributed by atoms with van der Waals surface area (Å²) in [5.74, 6) is 5.81. The average molecular weight is 363 g/mol. The maximum atomic E-state index is 6.12. The zero-order valence-electron chi connectivity index (χ0n) is 11.1. The van der Waals surface area contributed by atoms with Crippen LogP contribution in [-0.4, -0.2) is 4.98 Å². The molecule has 0 aliphatic carbocycles. The van der Waals surface area contributed by atoms with E-state index in [-0.39, 0.29) is 6.04 Å². The number of hydrogen-bond donors (Lipinski definition) is 2. The van der Waals surface area contributed by atoms with Crippen molar-refractivity contribution in [2.45, 2.75) is 6.04 Å². The van der Waals surface area contributed by atoms with E-state index in [4.69, 9.17) is 17.4 Å². The molecule has 3 aromatic rings. The highest BCUT2D eigenvalue weighted by Crippen LogP contribution is 2.33. The first-order valence-electron chi connectivity index (χ1n) is 6.44. The fourth-order valence-corrected chi connectivity index (χ4v) is 3.13. The Bertz CT molecular complexity index is 786. The number of nitrogens with two attached hydrogens (primary N) is 1. The molecule has 0 radical (unpaired) electrons. The first-order valence-corrected chi connectivity index (χ1v) is 7.61. The second-order valence-electron chi connectivity index (χ2n) is 4.71. The molecule has 1 aromatic heterocycles. The summed E-state index contributed by atoms with van der Waals surface area (Å²) in [5, 5.41) is 2.86. The predicted molar refractivity (Wildman–Crippen MR) is 90.1 cm³/mol. The Morgan fingerprint density at radius 2 is 2.00 bits per heavy atom. The number of nitrogens with zero attached hydrogens (tertiary/aromatic N) is 1. The van der Waals surface area contributed by atoms with Crippen LogP contribution in [0.5, 0.6) is 0 Å². The second-order valence-corrected chi connectivity index (χ2v) is 6.00. The Kier molecular flexibility index (Phi) is 4.22. The zero-order chi connectivity index (χ0) is 14.8. The number of hydrazine groups is 1. The molecule has 0 amide bonds. The zero-order valence-corrected chi connectivity index (χ0v) is 13.4. The molecule has 2 aromatic carbocycles. The van der Waals surface area contributed by atoms with E-state index in [0.29, 0.717) is 5.02 Å². The first-order chi connectivity index (χ1) is 10.2. The van der Waals surface area contributed by atoms with Gasteiger partial charge in [-0.15, -0.1) is 0 Å². The quantitative estimate of drug-likeness (QED) is 0.542. The van der Waals surface area contributed by atoms with Crippen LogP contribution in [0.15, 0.2) is 59.3 Å². The van der Waals surface area contributed by atoms with Crippen molar-refractivity contribution in [1.29, 1.82) is 0 Å². The molecule has 5 heteroatoms. The van der Waals surface area contributed by atoms with Crippen LogP contribution < -0.4 is 11.3 Å². The highest BCUT2D eigenvalue weighted by atomic mass is 79.9. The van der Waals surface area contributed by atoms with Crippen molar-refractivity contribution in [1.82, 2.24) is 10.4 Å². The van der Waals surface area contributed by atoms with Crippen molar-refractivity contribution in [2.24, 2.45) is 5.84 Å². The molecular weight excluding hydrogens is 350 g/mol. The van der Waals surface area contributed by atoms with Crippen molar-refractivity contribution < 1.29 is 0 Å². The van der Waals surface area contributed by atoms with Gasteiger partial charge in [0.2, 0.25) is 0 Å². The maximum absolute atomic E-state index is 6.12. The third-order valence-electron chi connectivity index (χ3n) is 3.46. The Balaban J connectivity index is 2.21. The van der Waals surface area contributed by atoms with E-state index in [9.17, 15) is 0 Å². The molecule has 0 aliphatic heterocycles. The molecule has 1 atom stereocenters. The van der Waals surface area contributed by atoms with Crippen LogP contribution in [0.1, 0.15) is 17.2 Å². The SMILES string of the molecule is NNC(c1cc(Cl)ccc1Br)c1cccc2ccncc12. The summed E-state index contributed by atoms with van der Waals surface area (Å²) < 4.78 is 0.954. The van der Waals surface area contributed by atoms with Gasteiger partial charge in [0.1, 0.15) is 0 Å². The third-order valence-corrected chi connectivity index (χ3v) is 4.42. The summed E-state index contributed by atoms with van der Waals surface area (Å²) >= 11 is 9.69. The molecule has 0 saturated carbocycles. The number of nitrogens with one attached hydrogen (secondary N) is 1. The molecule has 0 aliphatic rings. The molecule has 0 bridgehead atoms. The van der Waals surface area contributed by atoms with E-state index in [1.54, 1.807) is 6.20 Å². The summed E-state index contributed by atoms with van der Waals surface area (Å²) in [5.41, 5.74) is 4.93. The number of benzene rings is 2. The van der Waals surface area contributed by atoms with Crippen LogP contribution >= 0.6 is 27.5 Å². The maximum Gasteiger partial charge on any atom is 0.0728 e. The van der Waals surface area contributed by atoms with Gasteiger partial charge in [0.25, 0.3) is 0 Å². The Hall–Kier alpha value is -1.46. The number of fused-ring (bicyclic) bond motifs is 1. The molecule has 3 rings (SSSR count). The van der Waals surface area contributed by atoms with Gasteiger partial charge < -0.3 is 0 Å². The minimum absolute atomic E-state index is 0.175. The molecule has 1 unspecified atom stereocenters. The lowest BCUT2D eigenvalue weighted by molar-refractivity contribution is 0.638. The third kappa shape index (κ3) is 2.80. The summed E-state index contributed by atoms with van der Waals surface area (Å²) in [4.78, 5) is 4.22. The van der Waals surface area contributed by atoms with Gasteiger partial charge in [0, 0.05) is 27.3 Å². The van der Waals surface area contributed by atoms with E-state index in [1.165, 1.54) is 0 Å². The largest absolute Gasteiger partial charge is 0.271 e. The van der Waals surface area contributed by atoms with Crippen molar-refractivity contribution in [2.75, 3.05) is 0 Å². The van der Waals surface area contributed by atoms with E-state index < -0.39 is 0 Å². The summed E-state index contributed by atoms with van der Waals surface area (Å²) in [6, 6.07) is 13.6. The van der Waals surface area contributed by atoms with Crippen LogP contribution in [0.3, 0.4) is 0 Å². The average Bonchev–Trinajstić information content (AvgIpc) is 2.51. The highest BCUT2D eigenvalue weighted by molar-refractivity contribution is 9.10. The van der Waals surface area contributed by atoms with Crippen molar-refractivity contribution in [3.05, 3.63) is 75.5 Å². The number of halogens is 2. The van der Waals surface area contributed by atoms with Gasteiger partial charge in [-0.05, 0) is 40.8 Å². The molecule has 106 valence electrons. The molecule has 3 nitrogen and oxygen atoms in total. The molecule has 0 fully saturated rings. The van der Waals surface area contributed by atoms with Crippen LogP contribution in [0, 0.1) is 0 Å². The monoisotopic (exact) mass is 361 g/mol. The fourth-order valence-electron chi connectivity index (χ4n) is 2.47. The Morgan fingerprint density at radius 3 is 2.81 bits per heavy atom. The molecule has 3 N–H and O–H groups in total. The van der Waals surface area contributed by atoms with Gasteiger partial charge >= 0.3 is 0 Å². The van der Waals surface area contributed by atoms with Crippen LogP contribution in [0.2, 0.25) is 5.02 Å². The Labute approximate surface area is 136 Å². The van der Waals surface area contributed by atoms with Crippen LogP contribution in [0.4, 0.5) is 0 Å². The van der Waals surface area contributed by atoms with Crippen LogP contribution in [-0.2, 0) is 0 Å². The van der Waals surface area contributed by atoms with Gasteiger partial charge in [-0.25, -0.2) is 5.43 Å². The summed E-state index contributed by atoms with van der Waals surface area (Å²) in [7, 11) is 0. The fraction of sp³-hybridized carbons (Fsp3) is 0.0625. The number of aromatic nitrogens is 1. The molecular formula is C16H13BrClN3. The van der Waals surface area contributed by atoms with Crippen molar-refractivity contribution >= 4 is 38.3 Å². The van der Waals surface area contributed by atoms with Gasteiger partial charge in [-0.2, -0.15) is 0 Å². The minimum atomic E-state index is -0.175. The molecule has 0 spiro atoms. The van der Waals surface area contributed by atoms with Gasteiger partial charge in [0.15, 0.2) is 0 Å². The van der Waals surface area contributed by atoms with E-state index >= 15 is 0 Å². The highest BCUT2D eigenvalue weighted by Gasteiger charge is 2.18.